The molecule has 0 N–H and O–H groups in total. The quantitative estimate of drug-likeness (QED) is 0.304. The Labute approximate surface area is 102 Å². The van der Waals surface area contributed by atoms with E-state index in [0.29, 0.717) is 0 Å². The molecule has 1 unspecified atom stereocenters. The van der Waals surface area contributed by atoms with Gasteiger partial charge in [0.25, 0.3) is 0 Å². The molecule has 0 saturated heterocycles. The molecule has 18 valence electrons. The van der Waals surface area contributed by atoms with Gasteiger partial charge in [-0.2, -0.15) is 23.4 Å². The Bertz CT molecular complexity index is 8.00. The van der Waals surface area contributed by atoms with Gasteiger partial charge in [-0.05, 0) is 0 Å². The summed E-state index contributed by atoms with van der Waals surface area (Å²) in [5.74, 6) is 0. The molecule has 1 atom stereocenters. The Balaban J connectivity index is 0. The molecule has 0 aliphatic carbocycles. The van der Waals surface area contributed by atoms with Gasteiger partial charge >= 0.3 is 0 Å². The fourth-order valence-electron chi connectivity index (χ4n) is 0. The molecule has 0 aliphatic rings. The molecule has 0 spiro atoms. The molecule has 0 aromatic heterocycles. The van der Waals surface area contributed by atoms with Crippen LogP contribution in [-0.2, 0) is 0 Å². The Morgan fingerprint density at radius 2 is 1.00 bits per heavy atom. The van der Waals surface area contributed by atoms with Crippen LogP contribution in [0.25, 0.3) is 0 Å². The summed E-state index contributed by atoms with van der Waals surface area (Å²) in [5.41, 5.74) is 0. The van der Waals surface area contributed by atoms with E-state index in [4.69, 9.17) is 0 Å². The van der Waals surface area contributed by atoms with Gasteiger partial charge in [-0.15, -0.1) is 0 Å². The van der Waals surface area contributed by atoms with E-state index in [1.54, 1.807) is 0 Å². The topological polar surface area (TPSA) is 0 Å². The second kappa shape index (κ2) is 16.1. The molecule has 0 aromatic rings. The van der Waals surface area contributed by atoms with Crippen molar-refractivity contribution < 1.29 is 0 Å². The minimum Gasteiger partial charge on any atom is -0.197 e. The first-order valence-electron chi connectivity index (χ1n) is 0. The zero-order chi connectivity index (χ0) is 0. The molecule has 4 heteroatoms. The summed E-state index contributed by atoms with van der Waals surface area (Å²) in [5, 5.41) is 0. The van der Waals surface area contributed by atoms with Crippen LogP contribution < -0.4 is 0 Å². The summed E-state index contributed by atoms with van der Waals surface area (Å²) in [7, 11) is 0. The maximum Gasteiger partial charge on any atom is 0 e. The van der Waals surface area contributed by atoms with Crippen molar-refractivity contribution in [2.45, 2.75) is 0 Å². The second-order valence-corrected chi connectivity index (χ2v) is 0. The van der Waals surface area contributed by atoms with E-state index in [9.17, 15) is 0 Å². The van der Waals surface area contributed by atoms with E-state index in [-0.39, 0.29) is 104 Å². The molecule has 4 heavy (non-hydrogen) atoms. The molecule has 2 radical (unpaired) electrons. The van der Waals surface area contributed by atoms with Crippen molar-refractivity contribution in [2.75, 3.05) is 0 Å². The minimum absolute atomic E-state index is 0. The van der Waals surface area contributed by atoms with E-state index in [1.807, 2.05) is 0 Å². The van der Waals surface area contributed by atoms with Gasteiger partial charge in [-0.3, -0.25) is 0 Å². The van der Waals surface area contributed by atoms with E-state index in [2.05, 4.69) is 0 Å². The zero-order valence-corrected chi connectivity index (χ0v) is 10.7. The molecule has 0 bridgehead atoms. The van der Waals surface area contributed by atoms with Crippen LogP contribution in [0.2, 0.25) is 0 Å². The van der Waals surface area contributed by atoms with Gasteiger partial charge in [0.2, 0.25) is 0 Å². The SMILES string of the molecule is P.S.[K].[Na]. The first-order chi connectivity index (χ1) is 0. The smallest absolute Gasteiger partial charge is 0 e. The molecular weight excluding hydrogens is 125 g/mol. The molecule has 0 heterocycles. The van der Waals surface area contributed by atoms with Crippen molar-refractivity contribution >= 4 is 104 Å². The van der Waals surface area contributed by atoms with E-state index in [1.165, 1.54) is 0 Å². The van der Waals surface area contributed by atoms with Crippen molar-refractivity contribution in [3.8, 4) is 0 Å². The number of rotatable bonds is 0. The Morgan fingerprint density at radius 1 is 1.00 bits per heavy atom. The van der Waals surface area contributed by atoms with Crippen LogP contribution in [0.15, 0.2) is 0 Å². The monoisotopic (exact) mass is 130 g/mol. The average Bonchev–Trinajstić information content (AvgIpc) is 0. The largest absolute Gasteiger partial charge is 0.197 e. The molecule has 0 nitrogen and oxygen atoms in total. The molecule has 0 fully saturated rings. The van der Waals surface area contributed by atoms with Gasteiger partial charge in [0.15, 0.2) is 0 Å². The standard InChI is InChI=1S/K.Na.H3P.H2S/h;;1H3;1H2. The van der Waals surface area contributed by atoms with Crippen LogP contribution in [0.3, 0.4) is 0 Å². The van der Waals surface area contributed by atoms with Gasteiger partial charge < -0.3 is 0 Å². The van der Waals surface area contributed by atoms with E-state index >= 15 is 0 Å². The molecule has 0 rings (SSSR count). The molecule has 0 aliphatic heterocycles. The zero-order valence-electron chi connectivity index (χ0n) is 3.21. The van der Waals surface area contributed by atoms with Crippen LogP contribution >= 0.6 is 23.4 Å². The average molecular weight is 130 g/mol. The van der Waals surface area contributed by atoms with Crippen LogP contribution in [0.4, 0.5) is 0 Å². The molecule has 0 saturated carbocycles. The predicted molar refractivity (Wildman–Crippen MR) is 33.0 cm³/mol. The van der Waals surface area contributed by atoms with Gasteiger partial charge in [-0.1, -0.05) is 0 Å². The summed E-state index contributed by atoms with van der Waals surface area (Å²) in [4.78, 5) is 0. The fourth-order valence-corrected chi connectivity index (χ4v) is 0. The van der Waals surface area contributed by atoms with Gasteiger partial charge in [0.1, 0.15) is 0 Å². The molecular formula is H5KNaPS. The van der Waals surface area contributed by atoms with Gasteiger partial charge in [-0.25, -0.2) is 0 Å². The van der Waals surface area contributed by atoms with Crippen molar-refractivity contribution in [3.05, 3.63) is 0 Å². The van der Waals surface area contributed by atoms with Gasteiger partial charge in [0.05, 0.1) is 0 Å². The van der Waals surface area contributed by atoms with Crippen LogP contribution in [0, 0.1) is 0 Å². The van der Waals surface area contributed by atoms with Crippen molar-refractivity contribution in [2.24, 2.45) is 0 Å². The number of hydrogen-bond acceptors (Lipinski definition) is 0. The minimum atomic E-state index is 0. The molecule has 0 amide bonds. The Hall–Kier alpha value is 3.42. The van der Waals surface area contributed by atoms with E-state index in [0.717, 1.165) is 0 Å². The third-order valence-corrected chi connectivity index (χ3v) is 0. The fraction of sp³-hybridized carbons (Fsp3) is 0. The second-order valence-electron chi connectivity index (χ2n) is 0. The predicted octanol–water partition coefficient (Wildman–Crippen LogP) is -0.591. The third-order valence-electron chi connectivity index (χ3n) is 0. The summed E-state index contributed by atoms with van der Waals surface area (Å²) in [6.07, 6.45) is 0. The maximum atomic E-state index is 0. The number of hydrogen-bond donors (Lipinski definition) is 0. The van der Waals surface area contributed by atoms with Gasteiger partial charge in [0, 0.05) is 80.9 Å². The van der Waals surface area contributed by atoms with Crippen molar-refractivity contribution in [1.82, 2.24) is 0 Å². The Morgan fingerprint density at radius 3 is 1.00 bits per heavy atom. The first kappa shape index (κ1) is 26.2. The summed E-state index contributed by atoms with van der Waals surface area (Å²) in [6.45, 7) is 0. The van der Waals surface area contributed by atoms with Crippen molar-refractivity contribution in [1.29, 1.82) is 0 Å². The Kier molecular flexibility index (Phi) is 105. The summed E-state index contributed by atoms with van der Waals surface area (Å²) in [6, 6.07) is 0. The van der Waals surface area contributed by atoms with Crippen LogP contribution in [0.5, 0.6) is 0 Å². The van der Waals surface area contributed by atoms with Crippen LogP contribution in [-0.4, -0.2) is 80.9 Å². The van der Waals surface area contributed by atoms with Crippen LogP contribution in [0.1, 0.15) is 0 Å². The summed E-state index contributed by atoms with van der Waals surface area (Å²) >= 11 is 0. The summed E-state index contributed by atoms with van der Waals surface area (Å²) < 4.78 is 0. The van der Waals surface area contributed by atoms with Crippen molar-refractivity contribution in [3.63, 3.8) is 0 Å². The third kappa shape index (κ3) is 9.05. The van der Waals surface area contributed by atoms with E-state index < -0.39 is 0 Å². The first-order valence-corrected chi connectivity index (χ1v) is 0. The normalized spacial score (nSPS) is 0. The molecule has 0 aromatic carbocycles. The maximum absolute atomic E-state index is 0.